The van der Waals surface area contributed by atoms with E-state index in [9.17, 15) is 4.79 Å². The van der Waals surface area contributed by atoms with Crippen molar-refractivity contribution in [2.75, 3.05) is 7.05 Å². The van der Waals surface area contributed by atoms with Gasteiger partial charge in [-0.15, -0.1) is 0 Å². The Morgan fingerprint density at radius 2 is 2.43 bits per heavy atom. The Labute approximate surface area is 45.4 Å². The van der Waals surface area contributed by atoms with E-state index in [1.807, 2.05) is 0 Å². The van der Waals surface area contributed by atoms with Gasteiger partial charge in [0.1, 0.15) is 7.20 Å². The van der Waals surface area contributed by atoms with E-state index in [0.29, 0.717) is 0 Å². The molecule has 0 heterocycles. The first kappa shape index (κ1) is 4.78. The molecule has 0 aromatic rings. The van der Waals surface area contributed by atoms with Crippen molar-refractivity contribution in [1.82, 2.24) is 5.31 Å². The topological polar surface area (TPSA) is 29.1 Å². The second-order valence-corrected chi connectivity index (χ2v) is 1.54. The van der Waals surface area contributed by atoms with E-state index >= 15 is 0 Å². The SMILES string of the molecule is [3H]N(C)C(C)C(C)=O. The number of carbonyl (C=O) groups excluding carboxylic acids is 1. The van der Waals surface area contributed by atoms with Crippen LogP contribution in [0, 0.1) is 0 Å². The van der Waals surface area contributed by atoms with Gasteiger partial charge in [-0.05, 0) is 20.9 Å². The van der Waals surface area contributed by atoms with Crippen molar-refractivity contribution in [3.63, 3.8) is 0 Å². The van der Waals surface area contributed by atoms with Crippen LogP contribution in [-0.2, 0) is 4.79 Å². The molecule has 0 bridgehead atoms. The highest BCUT2D eigenvalue weighted by atomic mass is 16.1. The van der Waals surface area contributed by atoms with Crippen LogP contribution in [-0.4, -0.2) is 18.9 Å². The molecule has 42 valence electrons. The Hall–Kier alpha value is -0.370. The summed E-state index contributed by atoms with van der Waals surface area (Å²) in [5.41, 5.74) is 0. The maximum Gasteiger partial charge on any atom is 0.146 e. The van der Waals surface area contributed by atoms with Crippen LogP contribution >= 0.6 is 0 Å². The molecule has 0 aliphatic carbocycles. The maximum atomic E-state index is 10.4. The minimum atomic E-state index is -0.269. The molecule has 0 radical (unpaired) electrons. The summed E-state index contributed by atoms with van der Waals surface area (Å²) >= 11 is 0. The zero-order valence-electron chi connectivity index (χ0n) is 5.93. The molecule has 1 N–H and O–H groups in total. The second-order valence-electron chi connectivity index (χ2n) is 1.54. The van der Waals surface area contributed by atoms with E-state index in [-0.39, 0.29) is 11.8 Å². The van der Waals surface area contributed by atoms with Crippen molar-refractivity contribution in [3.05, 3.63) is 0 Å². The molecule has 0 saturated heterocycles. The van der Waals surface area contributed by atoms with Gasteiger partial charge in [0.2, 0.25) is 0 Å². The zero-order chi connectivity index (χ0) is 6.73. The monoisotopic (exact) mass is 103 g/mol. The van der Waals surface area contributed by atoms with Gasteiger partial charge in [0, 0.05) is 0 Å². The average Bonchev–Trinajstić information content (AvgIpc) is 1.64. The Bertz CT molecular complexity index is 92.4. The third-order valence-electron chi connectivity index (χ3n) is 0.976. The number of Topliss-reactive ketones (excluding diaryl/α,β-unsaturated/α-hetero) is 1. The number of carbonyl (C=O) groups is 1. The van der Waals surface area contributed by atoms with Gasteiger partial charge in [0.25, 0.3) is 0 Å². The van der Waals surface area contributed by atoms with Gasteiger partial charge < -0.3 is 5.31 Å². The van der Waals surface area contributed by atoms with Gasteiger partial charge >= 0.3 is 0 Å². The Morgan fingerprint density at radius 1 is 2.00 bits per heavy atom. The predicted octanol–water partition coefficient (Wildman–Crippen LogP) is 0.183. The van der Waals surface area contributed by atoms with Crippen molar-refractivity contribution in [2.45, 2.75) is 19.9 Å². The fourth-order valence-corrected chi connectivity index (χ4v) is 0.182. The van der Waals surface area contributed by atoms with Crippen molar-refractivity contribution in [2.24, 2.45) is 0 Å². The number of ketones is 1. The minimum Gasteiger partial charge on any atom is -0.311 e. The van der Waals surface area contributed by atoms with Crippen LogP contribution in [0.3, 0.4) is 0 Å². The Kier molecular flexibility index (Phi) is 1.88. The predicted molar refractivity (Wildman–Crippen MR) is 29.2 cm³/mol. The molecular formula is C5H11NO. The number of hydrogen-bond donors (Lipinski definition) is 1. The molecule has 1 atom stereocenters. The second kappa shape index (κ2) is 2.75. The van der Waals surface area contributed by atoms with Crippen LogP contribution in [0.4, 0.5) is 0 Å². The molecule has 0 aliphatic rings. The lowest BCUT2D eigenvalue weighted by Gasteiger charge is -2.01. The van der Waals surface area contributed by atoms with Crippen molar-refractivity contribution >= 4 is 5.78 Å². The molecule has 0 fully saturated rings. The normalized spacial score (nSPS) is 16.3. The molecule has 0 saturated carbocycles. The fraction of sp³-hybridized carbons (Fsp3) is 0.800. The molecule has 2 nitrogen and oxygen atoms in total. The van der Waals surface area contributed by atoms with E-state index < -0.39 is 0 Å². The van der Waals surface area contributed by atoms with E-state index in [4.69, 9.17) is 1.41 Å². The van der Waals surface area contributed by atoms with Crippen molar-refractivity contribution < 1.29 is 6.21 Å². The lowest BCUT2D eigenvalue weighted by atomic mass is 10.2. The molecule has 0 amide bonds. The lowest BCUT2D eigenvalue weighted by Crippen LogP contribution is -2.28. The smallest absolute Gasteiger partial charge is 0.146 e. The minimum absolute atomic E-state index is 0.0301. The van der Waals surface area contributed by atoms with E-state index in [1.165, 1.54) is 6.92 Å². The lowest BCUT2D eigenvalue weighted by molar-refractivity contribution is -0.118. The molecule has 0 spiro atoms. The number of hydrogen-bond acceptors (Lipinski definition) is 2. The molecule has 1 unspecified atom stereocenters. The highest BCUT2D eigenvalue weighted by Crippen LogP contribution is 1.77. The van der Waals surface area contributed by atoms with Gasteiger partial charge in [-0.3, -0.25) is 4.79 Å². The summed E-state index contributed by atoms with van der Waals surface area (Å²) in [4.78, 5) is 10.4. The number of rotatable bonds is 2. The third-order valence-corrected chi connectivity index (χ3v) is 0.976. The fourth-order valence-electron chi connectivity index (χ4n) is 0.182. The van der Waals surface area contributed by atoms with Gasteiger partial charge in [0.15, 0.2) is 0 Å². The van der Waals surface area contributed by atoms with Crippen molar-refractivity contribution in [3.8, 4) is 0 Å². The molecule has 0 aliphatic heterocycles. The quantitative estimate of drug-likeness (QED) is 0.540. The van der Waals surface area contributed by atoms with E-state index in [2.05, 4.69) is 0 Å². The van der Waals surface area contributed by atoms with Gasteiger partial charge in [0.05, 0.1) is 6.04 Å². The van der Waals surface area contributed by atoms with E-state index in [1.54, 1.807) is 14.0 Å². The third kappa shape index (κ3) is 2.34. The van der Waals surface area contributed by atoms with Crippen molar-refractivity contribution in [1.29, 1.82) is 0 Å². The van der Waals surface area contributed by atoms with Crippen LogP contribution in [0.15, 0.2) is 0 Å². The summed E-state index contributed by atoms with van der Waals surface area (Å²) in [6.45, 7) is 3.19. The van der Waals surface area contributed by atoms with Crippen LogP contribution < -0.4 is 5.31 Å². The van der Waals surface area contributed by atoms with Crippen LogP contribution in [0.2, 0.25) is 1.41 Å². The molecule has 0 aromatic heterocycles. The summed E-state index contributed by atoms with van der Waals surface area (Å²) in [5.74, 6) is 0.0301. The molecule has 0 aromatic carbocycles. The molecular weight excluding hydrogens is 90.1 g/mol. The Morgan fingerprint density at radius 3 is 2.43 bits per heavy atom. The Balaban J connectivity index is 3.64. The average molecular weight is 103 g/mol. The van der Waals surface area contributed by atoms with Gasteiger partial charge in [-0.1, -0.05) is 0 Å². The maximum absolute atomic E-state index is 10.4. The van der Waals surface area contributed by atoms with Crippen LogP contribution in [0.25, 0.3) is 0 Å². The van der Waals surface area contributed by atoms with E-state index in [0.717, 1.165) is 5.31 Å². The largest absolute Gasteiger partial charge is 0.311 e. The van der Waals surface area contributed by atoms with Crippen LogP contribution in [0.5, 0.6) is 0 Å². The van der Waals surface area contributed by atoms with Gasteiger partial charge in [-0.25, -0.2) is 0 Å². The number of likely N-dealkylation sites (N-methyl/N-ethyl adjacent to an activating group) is 1. The standard InChI is InChI=1S/C5H11NO/c1-4(6-3)5(2)7/h4,6H,1-3H3/i/hT. The first-order chi connectivity index (χ1) is 3.55. The van der Waals surface area contributed by atoms with Gasteiger partial charge in [-0.2, -0.15) is 0 Å². The van der Waals surface area contributed by atoms with Crippen LogP contribution in [0.1, 0.15) is 13.8 Å². The highest BCUT2D eigenvalue weighted by molar-refractivity contribution is 5.80. The first-order valence-electron chi connectivity index (χ1n) is 2.72. The number of nitrogens with one attached hydrogen (secondary N) is 1. The highest BCUT2D eigenvalue weighted by Gasteiger charge is 2.00. The first-order valence-corrected chi connectivity index (χ1v) is 2.28. The summed E-state index contributed by atoms with van der Waals surface area (Å²) in [6.07, 6.45) is 0. The summed E-state index contributed by atoms with van der Waals surface area (Å²) in [7, 11) is 1.56. The molecule has 7 heavy (non-hydrogen) atoms. The molecule has 0 rings (SSSR count). The zero-order valence-corrected chi connectivity index (χ0v) is 4.93. The summed E-state index contributed by atoms with van der Waals surface area (Å²) in [6, 6.07) is -0.269. The molecule has 2 heteroatoms. The summed E-state index contributed by atoms with van der Waals surface area (Å²) < 4.78 is 6.93. The summed E-state index contributed by atoms with van der Waals surface area (Å²) in [5, 5.41) is 1.14.